The summed E-state index contributed by atoms with van der Waals surface area (Å²) in [5, 5.41) is 28.1. The number of hydrogen-bond acceptors (Lipinski definition) is 5. The van der Waals surface area contributed by atoms with E-state index in [1.807, 2.05) is 0 Å². The second-order valence-electron chi connectivity index (χ2n) is 3.16. The van der Waals surface area contributed by atoms with Gasteiger partial charge in [-0.1, -0.05) is 0 Å². The molecule has 0 bridgehead atoms. The second-order valence-corrected chi connectivity index (χ2v) is 3.16. The van der Waals surface area contributed by atoms with Crippen molar-refractivity contribution in [3.8, 4) is 0 Å². The van der Waals surface area contributed by atoms with Crippen LogP contribution in [0.25, 0.3) is 0 Å². The summed E-state index contributed by atoms with van der Waals surface area (Å²) in [5.41, 5.74) is 0. The fourth-order valence-corrected chi connectivity index (χ4v) is 1.08. The van der Waals surface area contributed by atoms with Crippen molar-refractivity contribution >= 4 is 12.0 Å². The van der Waals surface area contributed by atoms with Crippen LogP contribution in [0.3, 0.4) is 0 Å². The van der Waals surface area contributed by atoms with Gasteiger partial charge in [0, 0.05) is 13.0 Å². The number of hydrogen-bond donors (Lipinski definition) is 5. The maximum absolute atomic E-state index is 11.3. The van der Waals surface area contributed by atoms with Crippen molar-refractivity contribution in [3.05, 3.63) is 12.2 Å². The number of carboxylic acids is 1. The Balaban J connectivity index is 2.34. The number of amides is 2. The van der Waals surface area contributed by atoms with E-state index in [1.165, 1.54) is 6.33 Å². The lowest BCUT2D eigenvalue weighted by atomic mass is 10.2. The SMILES string of the molecule is O=C(NCc1ncn[nH]1)N[C@@H](CCO)C(=O)O. The van der Waals surface area contributed by atoms with Crippen LogP contribution >= 0.6 is 0 Å². The molecule has 94 valence electrons. The molecule has 5 N–H and O–H groups in total. The molecular formula is C8H13N5O4. The molecular weight excluding hydrogens is 230 g/mol. The number of aliphatic hydroxyl groups is 1. The number of carbonyl (C=O) groups is 2. The standard InChI is InChI=1S/C8H13N5O4/c14-2-1-5(7(15)16)12-8(17)9-3-6-10-4-11-13-6/h4-5,14H,1-3H2,(H,15,16)(H2,9,12,17)(H,10,11,13)/t5-/m0/s1. The third-order valence-electron chi connectivity index (χ3n) is 1.90. The first-order valence-electron chi connectivity index (χ1n) is 4.85. The number of carbonyl (C=O) groups excluding carboxylic acids is 1. The molecule has 0 saturated carbocycles. The molecule has 1 heterocycles. The van der Waals surface area contributed by atoms with Crippen LogP contribution in [0.1, 0.15) is 12.2 Å². The first-order valence-corrected chi connectivity index (χ1v) is 4.85. The zero-order valence-electron chi connectivity index (χ0n) is 8.88. The number of rotatable bonds is 6. The maximum Gasteiger partial charge on any atom is 0.326 e. The van der Waals surface area contributed by atoms with Crippen molar-refractivity contribution in [1.29, 1.82) is 0 Å². The molecule has 2 amide bonds. The van der Waals surface area contributed by atoms with Gasteiger partial charge in [0.25, 0.3) is 0 Å². The molecule has 1 aromatic heterocycles. The van der Waals surface area contributed by atoms with Crippen molar-refractivity contribution in [1.82, 2.24) is 25.8 Å². The minimum Gasteiger partial charge on any atom is -0.480 e. The Morgan fingerprint density at radius 1 is 1.53 bits per heavy atom. The topological polar surface area (TPSA) is 140 Å². The highest BCUT2D eigenvalue weighted by Crippen LogP contribution is 1.91. The van der Waals surface area contributed by atoms with Crippen LogP contribution in [-0.2, 0) is 11.3 Å². The first-order chi connectivity index (χ1) is 8.13. The van der Waals surface area contributed by atoms with Gasteiger partial charge in [0.1, 0.15) is 18.2 Å². The van der Waals surface area contributed by atoms with Crippen LogP contribution in [0.5, 0.6) is 0 Å². The third-order valence-corrected chi connectivity index (χ3v) is 1.90. The van der Waals surface area contributed by atoms with E-state index in [4.69, 9.17) is 10.2 Å². The van der Waals surface area contributed by atoms with Crippen LogP contribution in [0, 0.1) is 0 Å². The monoisotopic (exact) mass is 243 g/mol. The van der Waals surface area contributed by atoms with Crippen LogP contribution < -0.4 is 10.6 Å². The Kier molecular flexibility index (Phi) is 4.88. The largest absolute Gasteiger partial charge is 0.480 e. The van der Waals surface area contributed by atoms with Gasteiger partial charge >= 0.3 is 12.0 Å². The molecule has 0 aromatic carbocycles. The summed E-state index contributed by atoms with van der Waals surface area (Å²) in [6, 6.07) is -1.77. The predicted molar refractivity (Wildman–Crippen MR) is 54.9 cm³/mol. The molecule has 0 aliphatic carbocycles. The Labute approximate surface area is 96.2 Å². The lowest BCUT2D eigenvalue weighted by Crippen LogP contribution is -2.46. The zero-order chi connectivity index (χ0) is 12.7. The van der Waals surface area contributed by atoms with Gasteiger partial charge in [0.15, 0.2) is 0 Å². The number of aliphatic carboxylic acids is 1. The predicted octanol–water partition coefficient (Wildman–Crippen LogP) is -1.56. The summed E-state index contributed by atoms with van der Waals surface area (Å²) >= 11 is 0. The highest BCUT2D eigenvalue weighted by atomic mass is 16.4. The Bertz CT molecular complexity index is 366. The van der Waals surface area contributed by atoms with Gasteiger partial charge in [0.05, 0.1) is 6.54 Å². The van der Waals surface area contributed by atoms with E-state index in [2.05, 4.69) is 25.8 Å². The Morgan fingerprint density at radius 3 is 2.82 bits per heavy atom. The fraction of sp³-hybridized carbons (Fsp3) is 0.500. The molecule has 17 heavy (non-hydrogen) atoms. The number of H-pyrrole nitrogens is 1. The maximum atomic E-state index is 11.3. The number of aromatic amines is 1. The van der Waals surface area contributed by atoms with E-state index in [9.17, 15) is 9.59 Å². The molecule has 9 nitrogen and oxygen atoms in total. The smallest absolute Gasteiger partial charge is 0.326 e. The molecule has 0 spiro atoms. The van der Waals surface area contributed by atoms with Crippen molar-refractivity contribution in [2.24, 2.45) is 0 Å². The van der Waals surface area contributed by atoms with E-state index in [0.717, 1.165) is 0 Å². The molecule has 0 saturated heterocycles. The lowest BCUT2D eigenvalue weighted by Gasteiger charge is -2.13. The van der Waals surface area contributed by atoms with Gasteiger partial charge in [0.2, 0.25) is 0 Å². The molecule has 1 rings (SSSR count). The van der Waals surface area contributed by atoms with Crippen molar-refractivity contribution in [2.45, 2.75) is 19.0 Å². The van der Waals surface area contributed by atoms with Gasteiger partial charge < -0.3 is 20.8 Å². The number of aromatic nitrogens is 3. The average Bonchev–Trinajstić information content (AvgIpc) is 2.78. The van der Waals surface area contributed by atoms with E-state index >= 15 is 0 Å². The highest BCUT2D eigenvalue weighted by molar-refractivity contribution is 5.82. The van der Waals surface area contributed by atoms with Gasteiger partial charge in [-0.05, 0) is 0 Å². The summed E-state index contributed by atoms with van der Waals surface area (Å²) in [5.74, 6) is -0.747. The van der Waals surface area contributed by atoms with Crippen LogP contribution in [-0.4, -0.2) is 50.0 Å². The van der Waals surface area contributed by atoms with E-state index < -0.39 is 18.0 Å². The highest BCUT2D eigenvalue weighted by Gasteiger charge is 2.18. The summed E-state index contributed by atoms with van der Waals surface area (Å²) < 4.78 is 0. The normalized spacial score (nSPS) is 11.8. The summed E-state index contributed by atoms with van der Waals surface area (Å²) in [4.78, 5) is 25.7. The molecule has 0 fully saturated rings. The van der Waals surface area contributed by atoms with Crippen LogP contribution in [0.4, 0.5) is 4.79 Å². The van der Waals surface area contributed by atoms with E-state index in [-0.39, 0.29) is 19.6 Å². The van der Waals surface area contributed by atoms with Crippen molar-refractivity contribution in [3.63, 3.8) is 0 Å². The summed E-state index contributed by atoms with van der Waals surface area (Å²) in [6.07, 6.45) is 1.24. The Morgan fingerprint density at radius 2 is 2.29 bits per heavy atom. The molecule has 0 aliphatic heterocycles. The fourth-order valence-electron chi connectivity index (χ4n) is 1.08. The summed E-state index contributed by atoms with van der Waals surface area (Å²) in [7, 11) is 0. The second kappa shape index (κ2) is 6.43. The van der Waals surface area contributed by atoms with E-state index in [0.29, 0.717) is 5.82 Å². The van der Waals surface area contributed by atoms with Crippen molar-refractivity contribution in [2.75, 3.05) is 6.61 Å². The molecule has 1 aromatic rings. The minimum atomic E-state index is -1.20. The number of aliphatic hydroxyl groups excluding tert-OH is 1. The number of nitrogens with zero attached hydrogens (tertiary/aromatic N) is 2. The molecule has 1 atom stereocenters. The van der Waals surface area contributed by atoms with Gasteiger partial charge in [-0.2, -0.15) is 5.10 Å². The molecule has 0 aliphatic rings. The average molecular weight is 243 g/mol. The molecule has 9 heteroatoms. The third kappa shape index (κ3) is 4.47. The number of urea groups is 1. The Hall–Kier alpha value is -2.16. The quantitative estimate of drug-likeness (QED) is 0.409. The van der Waals surface area contributed by atoms with Gasteiger partial charge in [-0.25, -0.2) is 14.6 Å². The van der Waals surface area contributed by atoms with Gasteiger partial charge in [-0.15, -0.1) is 0 Å². The molecule has 0 unspecified atom stereocenters. The van der Waals surface area contributed by atoms with Crippen LogP contribution in [0.15, 0.2) is 6.33 Å². The van der Waals surface area contributed by atoms with Crippen LogP contribution in [0.2, 0.25) is 0 Å². The lowest BCUT2D eigenvalue weighted by molar-refractivity contribution is -0.139. The van der Waals surface area contributed by atoms with Crippen molar-refractivity contribution < 1.29 is 19.8 Å². The number of carboxylic acid groups (broad SMARTS) is 1. The zero-order valence-corrected chi connectivity index (χ0v) is 8.88. The molecule has 0 radical (unpaired) electrons. The number of nitrogens with one attached hydrogen (secondary N) is 3. The first kappa shape index (κ1) is 12.9. The summed E-state index contributed by atoms with van der Waals surface area (Å²) in [6.45, 7) is -0.212. The van der Waals surface area contributed by atoms with E-state index in [1.54, 1.807) is 0 Å². The van der Waals surface area contributed by atoms with Gasteiger partial charge in [-0.3, -0.25) is 5.10 Å². The minimum absolute atomic E-state index is 0.0505.